The number of likely N-dealkylation sites (N-methyl/N-ethyl adjacent to an activating group) is 1. The normalized spacial score (nSPS) is 13.2. The number of hydrogen-bond acceptors (Lipinski definition) is 4. The number of quaternary nitrogens is 1. The lowest BCUT2D eigenvalue weighted by Crippen LogP contribution is -2.41. The maximum Gasteiger partial charge on any atom is 0.320 e. The van der Waals surface area contributed by atoms with Crippen molar-refractivity contribution in [2.75, 3.05) is 34.0 Å². The summed E-state index contributed by atoms with van der Waals surface area (Å²) < 4.78 is 17.3. The van der Waals surface area contributed by atoms with Gasteiger partial charge in [-0.15, -0.1) is 0 Å². The van der Waals surface area contributed by atoms with Gasteiger partial charge in [-0.1, -0.05) is 0 Å². The van der Waals surface area contributed by atoms with Crippen molar-refractivity contribution >= 4 is 11.9 Å². The van der Waals surface area contributed by atoms with Gasteiger partial charge in [0.2, 0.25) is 6.80 Å². The molecule has 1 unspecified atom stereocenters. The predicted octanol–water partition coefficient (Wildman–Crippen LogP) is -0.275. The third-order valence-corrected chi connectivity index (χ3v) is 2.26. The number of aliphatic carboxylic acids is 1. The summed E-state index contributed by atoms with van der Waals surface area (Å²) in [5.74, 6) is -1.66. The van der Waals surface area contributed by atoms with Crippen LogP contribution in [0.2, 0.25) is 0 Å². The number of nitrogens with two attached hydrogens (primary N) is 1. The second-order valence-corrected chi connectivity index (χ2v) is 4.48. The van der Waals surface area contributed by atoms with Crippen molar-refractivity contribution in [1.82, 2.24) is 0 Å². The molecule has 0 aliphatic heterocycles. The molecule has 0 aliphatic rings. The van der Waals surface area contributed by atoms with Crippen LogP contribution in [0.3, 0.4) is 0 Å². The van der Waals surface area contributed by atoms with Crippen LogP contribution in [0.15, 0.2) is 0 Å². The zero-order valence-corrected chi connectivity index (χ0v) is 10.2. The van der Waals surface area contributed by atoms with Crippen LogP contribution in [0.5, 0.6) is 0 Å². The molecule has 0 fully saturated rings. The van der Waals surface area contributed by atoms with Gasteiger partial charge in [-0.2, -0.15) is 4.39 Å². The average Bonchev–Trinajstić information content (AvgIpc) is 2.25. The van der Waals surface area contributed by atoms with Gasteiger partial charge in [0.05, 0.1) is 14.1 Å². The number of carboxylic acid groups (broad SMARTS) is 1. The van der Waals surface area contributed by atoms with E-state index in [4.69, 9.17) is 15.6 Å². The molecule has 0 aliphatic carbocycles. The lowest BCUT2D eigenvalue weighted by molar-refractivity contribution is -0.902. The summed E-state index contributed by atoms with van der Waals surface area (Å²) in [6, 6.07) is -1.05. The molecule has 0 heterocycles. The summed E-state index contributed by atoms with van der Waals surface area (Å²) in [5, 5.41) is 8.49. The fourth-order valence-electron chi connectivity index (χ4n) is 0.935. The van der Waals surface area contributed by atoms with Gasteiger partial charge >= 0.3 is 11.9 Å². The van der Waals surface area contributed by atoms with E-state index >= 15 is 0 Å². The first-order valence-corrected chi connectivity index (χ1v) is 5.30. The minimum absolute atomic E-state index is 0.0372. The molecule has 0 radical (unpaired) electrons. The van der Waals surface area contributed by atoms with Gasteiger partial charge in [0.15, 0.2) is 0 Å². The molecule has 0 aromatic carbocycles. The molecule has 0 aromatic heterocycles. The molecule has 0 saturated carbocycles. The topological polar surface area (TPSA) is 89.6 Å². The molecule has 100 valence electrons. The summed E-state index contributed by atoms with van der Waals surface area (Å²) in [7, 11) is 3.35. The quantitative estimate of drug-likeness (QED) is 0.352. The number of hydrogen-bond donors (Lipinski definition) is 2. The number of nitrogens with zero attached hydrogens (tertiary/aromatic N) is 1. The van der Waals surface area contributed by atoms with E-state index in [1.807, 2.05) is 0 Å². The first kappa shape index (κ1) is 15.8. The van der Waals surface area contributed by atoms with Crippen molar-refractivity contribution in [3.63, 3.8) is 0 Å². The Labute approximate surface area is 99.7 Å². The molecule has 0 bridgehead atoms. The largest absolute Gasteiger partial charge is 0.480 e. The van der Waals surface area contributed by atoms with Gasteiger partial charge in [-0.25, -0.2) is 0 Å². The molecule has 1 atom stereocenters. The SMILES string of the molecule is C[N+](C)(CF)CCOC(=O)CCC(N)C(=O)O. The second kappa shape index (κ2) is 7.18. The molecular weight excluding hydrogens is 231 g/mol. The van der Waals surface area contributed by atoms with E-state index in [0.29, 0.717) is 6.54 Å². The Morgan fingerprint density at radius 2 is 2.06 bits per heavy atom. The average molecular weight is 251 g/mol. The fourth-order valence-corrected chi connectivity index (χ4v) is 0.935. The predicted molar refractivity (Wildman–Crippen MR) is 58.8 cm³/mol. The van der Waals surface area contributed by atoms with Crippen molar-refractivity contribution in [2.45, 2.75) is 18.9 Å². The highest BCUT2D eigenvalue weighted by molar-refractivity contribution is 5.75. The van der Waals surface area contributed by atoms with Crippen molar-refractivity contribution in [2.24, 2.45) is 5.73 Å². The Bertz CT molecular complexity index is 271. The second-order valence-electron chi connectivity index (χ2n) is 4.48. The van der Waals surface area contributed by atoms with Gasteiger partial charge < -0.3 is 15.6 Å². The Morgan fingerprint density at radius 1 is 1.47 bits per heavy atom. The molecular formula is C10H20FN2O4+. The molecule has 0 saturated heterocycles. The van der Waals surface area contributed by atoms with Crippen LogP contribution in [0, 0.1) is 0 Å². The molecule has 7 heteroatoms. The molecule has 3 N–H and O–H groups in total. The summed E-state index contributed by atoms with van der Waals surface area (Å²) in [6.45, 7) is -0.0628. The lowest BCUT2D eigenvalue weighted by Gasteiger charge is -2.25. The number of carbonyl (C=O) groups is 2. The van der Waals surface area contributed by atoms with Crippen LogP contribution in [0.4, 0.5) is 4.39 Å². The number of rotatable bonds is 8. The number of carboxylic acids is 1. The van der Waals surface area contributed by atoms with Crippen LogP contribution in [-0.2, 0) is 14.3 Å². The van der Waals surface area contributed by atoms with Crippen LogP contribution < -0.4 is 5.73 Å². The van der Waals surface area contributed by atoms with E-state index in [9.17, 15) is 14.0 Å². The van der Waals surface area contributed by atoms with Gasteiger partial charge in [-0.05, 0) is 6.42 Å². The molecule has 0 rings (SSSR count). The third kappa shape index (κ3) is 7.64. The first-order chi connectivity index (χ1) is 7.78. The Balaban J connectivity index is 3.71. The van der Waals surface area contributed by atoms with E-state index in [1.54, 1.807) is 14.1 Å². The number of carbonyl (C=O) groups excluding carboxylic acids is 1. The number of alkyl halides is 1. The summed E-state index contributed by atoms with van der Waals surface area (Å²) in [6.07, 6.45) is -0.00789. The van der Waals surface area contributed by atoms with E-state index in [1.165, 1.54) is 0 Å². The highest BCUT2D eigenvalue weighted by Crippen LogP contribution is 2.00. The minimum Gasteiger partial charge on any atom is -0.480 e. The van der Waals surface area contributed by atoms with Crippen molar-refractivity contribution in [1.29, 1.82) is 0 Å². The van der Waals surface area contributed by atoms with Crippen molar-refractivity contribution in [3.8, 4) is 0 Å². The van der Waals surface area contributed by atoms with Gasteiger partial charge in [-0.3, -0.25) is 14.1 Å². The van der Waals surface area contributed by atoms with Crippen LogP contribution in [0.1, 0.15) is 12.8 Å². The third-order valence-electron chi connectivity index (χ3n) is 2.26. The maximum absolute atomic E-state index is 12.4. The summed E-state index contributed by atoms with van der Waals surface area (Å²) in [5.41, 5.74) is 5.22. The van der Waals surface area contributed by atoms with Gasteiger partial charge in [0, 0.05) is 6.42 Å². The van der Waals surface area contributed by atoms with E-state index in [2.05, 4.69) is 0 Å². The molecule has 0 spiro atoms. The van der Waals surface area contributed by atoms with Gasteiger partial charge in [0.1, 0.15) is 19.2 Å². The number of ether oxygens (including phenoxy) is 1. The van der Waals surface area contributed by atoms with Crippen molar-refractivity contribution in [3.05, 3.63) is 0 Å². The molecule has 6 nitrogen and oxygen atoms in total. The molecule has 17 heavy (non-hydrogen) atoms. The smallest absolute Gasteiger partial charge is 0.320 e. The Hall–Kier alpha value is -1.21. The van der Waals surface area contributed by atoms with Crippen molar-refractivity contribution < 1.29 is 28.3 Å². The monoisotopic (exact) mass is 251 g/mol. The van der Waals surface area contributed by atoms with Crippen LogP contribution in [0.25, 0.3) is 0 Å². The zero-order chi connectivity index (χ0) is 13.5. The van der Waals surface area contributed by atoms with Crippen LogP contribution in [-0.4, -0.2) is 61.6 Å². The zero-order valence-electron chi connectivity index (χ0n) is 10.2. The standard InChI is InChI=1S/C10H19FN2O4/c1-13(2,7-11)5-6-17-9(14)4-3-8(12)10(15)16/h8H,3-7,12H2,1-2H3/p+1. The summed E-state index contributed by atoms with van der Waals surface area (Å²) in [4.78, 5) is 21.5. The molecule has 0 aromatic rings. The molecule has 0 amide bonds. The fraction of sp³-hybridized carbons (Fsp3) is 0.800. The van der Waals surface area contributed by atoms with Crippen LogP contribution >= 0.6 is 0 Å². The van der Waals surface area contributed by atoms with E-state index in [-0.39, 0.29) is 23.9 Å². The lowest BCUT2D eigenvalue weighted by atomic mass is 10.2. The minimum atomic E-state index is -1.15. The Morgan fingerprint density at radius 3 is 2.53 bits per heavy atom. The number of esters is 1. The maximum atomic E-state index is 12.4. The van der Waals surface area contributed by atoms with E-state index < -0.39 is 24.8 Å². The highest BCUT2D eigenvalue weighted by Gasteiger charge is 2.17. The summed E-state index contributed by atoms with van der Waals surface area (Å²) >= 11 is 0. The van der Waals surface area contributed by atoms with Gasteiger partial charge in [0.25, 0.3) is 0 Å². The highest BCUT2D eigenvalue weighted by atomic mass is 19.1. The Kier molecular flexibility index (Phi) is 6.67. The number of halogens is 1. The first-order valence-electron chi connectivity index (χ1n) is 5.30. The van der Waals surface area contributed by atoms with E-state index in [0.717, 1.165) is 0 Å².